The summed E-state index contributed by atoms with van der Waals surface area (Å²) in [6.45, 7) is 5.15. The molecule has 0 unspecified atom stereocenters. The summed E-state index contributed by atoms with van der Waals surface area (Å²) in [4.78, 5) is 16.1. The highest BCUT2D eigenvalue weighted by atomic mass is 16.1. The molecule has 0 saturated heterocycles. The molecule has 0 bridgehead atoms. The van der Waals surface area contributed by atoms with Crippen LogP contribution in [0.1, 0.15) is 73.9 Å². The molecule has 2 radical (unpaired) electrons. The van der Waals surface area contributed by atoms with Gasteiger partial charge in [0.15, 0.2) is 0 Å². The Balaban J connectivity index is 1.29. The molecule has 3 nitrogen and oxygen atoms in total. The molecule has 0 aliphatic heterocycles. The lowest BCUT2D eigenvalue weighted by atomic mass is 9.55. The fourth-order valence-electron chi connectivity index (χ4n) is 5.41. The number of hydrogen-bond acceptors (Lipinski definition) is 1. The minimum atomic E-state index is 0.00958. The van der Waals surface area contributed by atoms with Gasteiger partial charge < -0.3 is 10.3 Å². The molecule has 1 aliphatic carbocycles. The third-order valence-corrected chi connectivity index (χ3v) is 7.73. The second-order valence-corrected chi connectivity index (χ2v) is 10.3. The van der Waals surface area contributed by atoms with Crippen molar-refractivity contribution in [1.29, 1.82) is 0 Å². The summed E-state index contributed by atoms with van der Waals surface area (Å²) < 4.78 is 0. The van der Waals surface area contributed by atoms with Crippen molar-refractivity contribution < 1.29 is 4.79 Å². The van der Waals surface area contributed by atoms with Crippen molar-refractivity contribution in [3.05, 3.63) is 71.4 Å². The minimum absolute atomic E-state index is 0.00958. The Morgan fingerprint density at radius 2 is 1.88 bits per heavy atom. The number of amides is 1. The van der Waals surface area contributed by atoms with Crippen LogP contribution in [-0.2, 0) is 12.8 Å². The average Bonchev–Trinajstić information content (AvgIpc) is 3.20. The van der Waals surface area contributed by atoms with Gasteiger partial charge in [-0.2, -0.15) is 0 Å². The lowest BCUT2D eigenvalue weighted by Crippen LogP contribution is -2.25. The van der Waals surface area contributed by atoms with Gasteiger partial charge in [-0.05, 0) is 54.0 Å². The van der Waals surface area contributed by atoms with Gasteiger partial charge in [-0.1, -0.05) is 88.0 Å². The van der Waals surface area contributed by atoms with Crippen molar-refractivity contribution in [2.24, 2.45) is 11.8 Å². The first-order valence-corrected chi connectivity index (χ1v) is 12.7. The molecule has 1 amide bonds. The van der Waals surface area contributed by atoms with Crippen molar-refractivity contribution in [3.8, 4) is 0 Å². The first kappa shape index (κ1) is 23.7. The van der Waals surface area contributed by atoms with Gasteiger partial charge in [0.25, 0.3) is 5.91 Å². The number of aromatic amines is 1. The zero-order chi connectivity index (χ0) is 23.3. The van der Waals surface area contributed by atoms with Crippen LogP contribution in [0.4, 0.5) is 0 Å². The quantitative estimate of drug-likeness (QED) is 0.398. The van der Waals surface area contributed by atoms with Crippen molar-refractivity contribution >= 4 is 24.7 Å². The van der Waals surface area contributed by atoms with Gasteiger partial charge in [-0.15, -0.1) is 0 Å². The molecule has 1 saturated carbocycles. The molecule has 2 N–H and O–H groups in total. The van der Waals surface area contributed by atoms with E-state index >= 15 is 0 Å². The number of H-pyrrole nitrogens is 1. The van der Waals surface area contributed by atoms with Gasteiger partial charge in [-0.3, -0.25) is 4.79 Å². The Labute approximate surface area is 200 Å². The number of rotatable bonds is 7. The van der Waals surface area contributed by atoms with Crippen LogP contribution >= 0.6 is 0 Å². The molecule has 172 valence electrons. The molecule has 4 rings (SSSR count). The second-order valence-electron chi connectivity index (χ2n) is 10.3. The van der Waals surface area contributed by atoms with Gasteiger partial charge in [0.2, 0.25) is 0 Å². The fraction of sp³-hybridized carbons (Fsp3) is 0.483. The standard InChI is InChI=1S/C29H37BN2O/c1-21(2)29(30)15-6-9-22(10-7-16-29)18-23-8-5-11-24(19-23)28(33)31-17-14-25-20-32-27-13-4-3-12-26(25)27/h3-5,8,11-13,19-22,32H,6-7,9-10,14-18H2,1-2H3,(H,31,33). The van der Waals surface area contributed by atoms with E-state index in [1.54, 1.807) is 0 Å². The molecule has 33 heavy (non-hydrogen) atoms. The van der Waals surface area contributed by atoms with Crippen LogP contribution in [-0.4, -0.2) is 25.3 Å². The van der Waals surface area contributed by atoms with Gasteiger partial charge in [-0.25, -0.2) is 0 Å². The predicted molar refractivity (Wildman–Crippen MR) is 139 cm³/mol. The third-order valence-electron chi connectivity index (χ3n) is 7.73. The van der Waals surface area contributed by atoms with Crippen LogP contribution in [0.25, 0.3) is 10.9 Å². The highest BCUT2D eigenvalue weighted by Crippen LogP contribution is 2.45. The number of carbonyl (C=O) groups excluding carboxylic acids is 1. The zero-order valence-electron chi connectivity index (χ0n) is 20.2. The van der Waals surface area contributed by atoms with E-state index in [9.17, 15) is 4.79 Å². The molecule has 0 spiro atoms. The summed E-state index contributed by atoms with van der Waals surface area (Å²) in [5, 5.41) is 4.34. The molecule has 1 aromatic heterocycles. The largest absolute Gasteiger partial charge is 0.361 e. The maximum atomic E-state index is 12.8. The number of para-hydroxylation sites is 1. The Hall–Kier alpha value is -2.49. The van der Waals surface area contributed by atoms with E-state index < -0.39 is 0 Å². The SMILES string of the molecule is [B]C1(C(C)C)CCCC(Cc2cccc(C(=O)NCCc3c[nH]c4ccccc34)c2)CCC1. The van der Waals surface area contributed by atoms with Crippen molar-refractivity contribution in [3.63, 3.8) is 0 Å². The maximum absolute atomic E-state index is 12.8. The van der Waals surface area contributed by atoms with Crippen LogP contribution in [0.5, 0.6) is 0 Å². The topological polar surface area (TPSA) is 44.9 Å². The number of benzene rings is 2. The third kappa shape index (κ3) is 5.90. The van der Waals surface area contributed by atoms with E-state index in [-0.39, 0.29) is 11.2 Å². The maximum Gasteiger partial charge on any atom is 0.251 e. The minimum Gasteiger partial charge on any atom is -0.361 e. The van der Waals surface area contributed by atoms with Crippen molar-refractivity contribution in [2.75, 3.05) is 6.54 Å². The van der Waals surface area contributed by atoms with Crippen LogP contribution < -0.4 is 5.32 Å². The molecule has 3 aromatic rings. The smallest absolute Gasteiger partial charge is 0.251 e. The van der Waals surface area contributed by atoms with Crippen LogP contribution in [0.3, 0.4) is 0 Å². The number of nitrogens with one attached hydrogen (secondary N) is 2. The molecular weight excluding hydrogens is 403 g/mol. The van der Waals surface area contributed by atoms with Gasteiger partial charge in [0.05, 0.1) is 7.85 Å². The van der Waals surface area contributed by atoms with Crippen molar-refractivity contribution in [1.82, 2.24) is 10.3 Å². The Kier molecular flexibility index (Phi) is 7.62. The summed E-state index contributed by atoms with van der Waals surface area (Å²) >= 11 is 0. The second kappa shape index (κ2) is 10.6. The number of carbonyl (C=O) groups is 1. The lowest BCUT2D eigenvalue weighted by molar-refractivity contribution is 0.0954. The van der Waals surface area contributed by atoms with Crippen LogP contribution in [0.2, 0.25) is 5.31 Å². The van der Waals surface area contributed by atoms with Crippen molar-refractivity contribution in [2.45, 2.75) is 70.5 Å². The fourth-order valence-corrected chi connectivity index (χ4v) is 5.41. The first-order valence-electron chi connectivity index (χ1n) is 12.7. The molecule has 1 heterocycles. The number of aromatic nitrogens is 1. The lowest BCUT2D eigenvalue weighted by Gasteiger charge is -2.37. The predicted octanol–water partition coefficient (Wildman–Crippen LogP) is 6.64. The monoisotopic (exact) mass is 440 g/mol. The Morgan fingerprint density at radius 1 is 1.12 bits per heavy atom. The van der Waals surface area contributed by atoms with E-state index in [2.05, 4.69) is 54.5 Å². The Morgan fingerprint density at radius 3 is 2.64 bits per heavy atom. The normalized spacial score (nSPS) is 21.6. The van der Waals surface area contributed by atoms with Gasteiger partial charge >= 0.3 is 0 Å². The summed E-state index contributed by atoms with van der Waals surface area (Å²) in [6, 6.07) is 16.5. The molecule has 1 aliphatic rings. The van der Waals surface area contributed by atoms with Crippen LogP contribution in [0, 0.1) is 11.8 Å². The van der Waals surface area contributed by atoms with Gasteiger partial charge in [0, 0.05) is 29.2 Å². The summed E-state index contributed by atoms with van der Waals surface area (Å²) in [5.41, 5.74) is 4.41. The van der Waals surface area contributed by atoms with E-state index in [1.807, 2.05) is 24.4 Å². The summed E-state index contributed by atoms with van der Waals surface area (Å²) in [6.07, 6.45) is 11.0. The number of fused-ring (bicyclic) bond motifs is 1. The molecular formula is C29H37BN2O. The van der Waals surface area contributed by atoms with E-state index in [0.29, 0.717) is 18.4 Å². The molecule has 1 fully saturated rings. The summed E-state index contributed by atoms with van der Waals surface area (Å²) in [5.74, 6) is 1.24. The number of hydrogen-bond donors (Lipinski definition) is 2. The summed E-state index contributed by atoms with van der Waals surface area (Å²) in [7, 11) is 6.67. The van der Waals surface area contributed by atoms with Gasteiger partial charge in [0.1, 0.15) is 0 Å². The highest BCUT2D eigenvalue weighted by molar-refractivity contribution is 6.15. The van der Waals surface area contributed by atoms with E-state index in [1.165, 1.54) is 42.2 Å². The van der Waals surface area contributed by atoms with Crippen LogP contribution in [0.15, 0.2) is 54.7 Å². The van der Waals surface area contributed by atoms with E-state index in [4.69, 9.17) is 7.85 Å². The van der Waals surface area contributed by atoms with E-state index in [0.717, 1.165) is 36.8 Å². The zero-order valence-corrected chi connectivity index (χ0v) is 20.2. The molecule has 4 heteroatoms. The Bertz CT molecular complexity index is 1060. The highest BCUT2D eigenvalue weighted by Gasteiger charge is 2.29. The molecule has 2 aromatic carbocycles. The first-order chi connectivity index (χ1) is 15.9. The average molecular weight is 440 g/mol. The molecule has 0 atom stereocenters.